The number of rotatable bonds is 7. The molecular formula is C20H23BrN2O5. The molecule has 1 unspecified atom stereocenters. The van der Waals surface area contributed by atoms with Crippen LogP contribution in [-0.2, 0) is 14.3 Å². The molecule has 150 valence electrons. The third kappa shape index (κ3) is 4.60. The first-order chi connectivity index (χ1) is 13.4. The molecule has 3 rings (SSSR count). The zero-order valence-corrected chi connectivity index (χ0v) is 17.3. The van der Waals surface area contributed by atoms with Gasteiger partial charge in [0.15, 0.2) is 6.10 Å². The van der Waals surface area contributed by atoms with Crippen molar-refractivity contribution in [3.05, 3.63) is 33.8 Å². The zero-order chi connectivity index (χ0) is 20.3. The second kappa shape index (κ2) is 8.86. The van der Waals surface area contributed by atoms with Crippen LogP contribution in [0.15, 0.2) is 22.7 Å². The molecule has 1 aromatic rings. The number of esters is 1. The highest BCUT2D eigenvalue weighted by molar-refractivity contribution is 9.10. The molecule has 0 aromatic heterocycles. The summed E-state index contributed by atoms with van der Waals surface area (Å²) in [5.41, 5.74) is 0.729. The van der Waals surface area contributed by atoms with Gasteiger partial charge in [-0.3, -0.25) is 24.1 Å². The number of ether oxygens (including phenoxy) is 1. The van der Waals surface area contributed by atoms with Gasteiger partial charge in [0.1, 0.15) is 0 Å². The smallest absolute Gasteiger partial charge is 0.306 e. The van der Waals surface area contributed by atoms with Gasteiger partial charge in [-0.1, -0.05) is 28.8 Å². The molecule has 1 N–H and O–H groups in total. The van der Waals surface area contributed by atoms with Gasteiger partial charge in [0.2, 0.25) is 0 Å². The third-order valence-corrected chi connectivity index (χ3v) is 5.57. The van der Waals surface area contributed by atoms with E-state index in [1.54, 1.807) is 25.1 Å². The summed E-state index contributed by atoms with van der Waals surface area (Å²) >= 11 is 3.29. The van der Waals surface area contributed by atoms with Crippen molar-refractivity contribution in [2.24, 2.45) is 0 Å². The lowest BCUT2D eigenvalue weighted by atomic mass is 10.1. The molecule has 1 saturated carbocycles. The van der Waals surface area contributed by atoms with Crippen molar-refractivity contribution in [1.82, 2.24) is 10.2 Å². The molecule has 7 nitrogen and oxygen atoms in total. The number of carbonyl (C=O) groups is 4. The summed E-state index contributed by atoms with van der Waals surface area (Å²) in [6.45, 7) is 1.67. The van der Waals surface area contributed by atoms with Gasteiger partial charge >= 0.3 is 5.97 Å². The molecule has 8 heteroatoms. The van der Waals surface area contributed by atoms with E-state index in [2.05, 4.69) is 21.2 Å². The number of hydrogen-bond acceptors (Lipinski definition) is 5. The summed E-state index contributed by atoms with van der Waals surface area (Å²) in [5.74, 6) is -1.52. The van der Waals surface area contributed by atoms with Crippen molar-refractivity contribution >= 4 is 39.6 Å². The maximum Gasteiger partial charge on any atom is 0.306 e. The van der Waals surface area contributed by atoms with Crippen LogP contribution < -0.4 is 5.32 Å². The molecule has 1 aliphatic heterocycles. The fourth-order valence-corrected chi connectivity index (χ4v) is 3.91. The van der Waals surface area contributed by atoms with Crippen molar-refractivity contribution in [1.29, 1.82) is 0 Å². The predicted octanol–water partition coefficient (Wildman–Crippen LogP) is 2.82. The molecule has 0 bridgehead atoms. The summed E-state index contributed by atoms with van der Waals surface area (Å²) in [5, 5.41) is 2.89. The molecule has 1 heterocycles. The Hall–Kier alpha value is -2.22. The molecule has 1 fully saturated rings. The van der Waals surface area contributed by atoms with E-state index in [9.17, 15) is 19.2 Å². The molecular weight excluding hydrogens is 428 g/mol. The van der Waals surface area contributed by atoms with Gasteiger partial charge < -0.3 is 10.1 Å². The quantitative estimate of drug-likeness (QED) is 0.509. The molecule has 3 amide bonds. The number of carbonyl (C=O) groups excluding carboxylic acids is 4. The Morgan fingerprint density at radius 3 is 2.61 bits per heavy atom. The van der Waals surface area contributed by atoms with Crippen molar-refractivity contribution in [3.63, 3.8) is 0 Å². The van der Waals surface area contributed by atoms with E-state index >= 15 is 0 Å². The SMILES string of the molecule is CC(OC(=O)CCCN1C(=O)c2ccc(Br)cc2C1=O)C(=O)NC1CCCC1. The Balaban J connectivity index is 1.43. The molecule has 1 aliphatic carbocycles. The van der Waals surface area contributed by atoms with E-state index in [1.165, 1.54) is 0 Å². The number of amides is 3. The van der Waals surface area contributed by atoms with E-state index in [4.69, 9.17) is 4.74 Å². The van der Waals surface area contributed by atoms with Crippen molar-refractivity contribution in [3.8, 4) is 0 Å². The maximum atomic E-state index is 12.4. The van der Waals surface area contributed by atoms with Crippen molar-refractivity contribution in [2.45, 2.75) is 57.6 Å². The van der Waals surface area contributed by atoms with E-state index in [1.807, 2.05) is 0 Å². The van der Waals surface area contributed by atoms with Crippen LogP contribution in [0.1, 0.15) is 66.2 Å². The molecule has 0 radical (unpaired) electrons. The average molecular weight is 451 g/mol. The Labute approximate surface area is 171 Å². The predicted molar refractivity (Wildman–Crippen MR) is 105 cm³/mol. The first-order valence-electron chi connectivity index (χ1n) is 9.52. The van der Waals surface area contributed by atoms with Crippen molar-refractivity contribution < 1.29 is 23.9 Å². The molecule has 0 spiro atoms. The van der Waals surface area contributed by atoms with Crippen LogP contribution in [0.5, 0.6) is 0 Å². The van der Waals surface area contributed by atoms with E-state index < -0.39 is 12.1 Å². The van der Waals surface area contributed by atoms with Crippen LogP contribution in [0.3, 0.4) is 0 Å². The average Bonchev–Trinajstić information content (AvgIpc) is 3.24. The number of benzene rings is 1. The highest BCUT2D eigenvalue weighted by Gasteiger charge is 2.35. The Morgan fingerprint density at radius 1 is 1.21 bits per heavy atom. The second-order valence-corrected chi connectivity index (χ2v) is 8.09. The molecule has 2 aliphatic rings. The fourth-order valence-electron chi connectivity index (χ4n) is 3.55. The number of nitrogens with one attached hydrogen (secondary N) is 1. The van der Waals surface area contributed by atoms with Gasteiger partial charge in [-0.2, -0.15) is 0 Å². The normalized spacial score (nSPS) is 17.6. The van der Waals surface area contributed by atoms with Gasteiger partial charge in [-0.05, 0) is 44.4 Å². The topological polar surface area (TPSA) is 92.8 Å². The zero-order valence-electron chi connectivity index (χ0n) is 15.7. The second-order valence-electron chi connectivity index (χ2n) is 7.18. The van der Waals surface area contributed by atoms with E-state index in [0.29, 0.717) is 11.1 Å². The number of halogens is 1. The maximum absolute atomic E-state index is 12.4. The summed E-state index contributed by atoms with van der Waals surface area (Å²) in [7, 11) is 0. The van der Waals surface area contributed by atoms with Crippen LogP contribution in [0.4, 0.5) is 0 Å². The van der Waals surface area contributed by atoms with Gasteiger partial charge in [0.05, 0.1) is 11.1 Å². The summed E-state index contributed by atoms with van der Waals surface area (Å²) in [6.07, 6.45) is 3.58. The molecule has 0 saturated heterocycles. The van der Waals surface area contributed by atoms with E-state index in [-0.39, 0.29) is 43.1 Å². The standard InChI is InChI=1S/C20H23BrN2O5/c1-12(18(25)22-14-5-2-3-6-14)28-17(24)7-4-10-23-19(26)15-9-8-13(21)11-16(15)20(23)27/h8-9,11-12,14H,2-7,10H2,1H3,(H,22,25). The van der Waals surface area contributed by atoms with Crippen LogP contribution in [0.2, 0.25) is 0 Å². The minimum absolute atomic E-state index is 0.0259. The van der Waals surface area contributed by atoms with Crippen LogP contribution in [0, 0.1) is 0 Å². The Morgan fingerprint density at radius 2 is 1.89 bits per heavy atom. The minimum Gasteiger partial charge on any atom is -0.453 e. The number of nitrogens with zero attached hydrogens (tertiary/aromatic N) is 1. The molecule has 1 atom stereocenters. The van der Waals surface area contributed by atoms with Gasteiger partial charge in [0, 0.05) is 23.5 Å². The Bertz CT molecular complexity index is 804. The lowest BCUT2D eigenvalue weighted by molar-refractivity contribution is -0.155. The first-order valence-corrected chi connectivity index (χ1v) is 10.3. The number of hydrogen-bond donors (Lipinski definition) is 1. The summed E-state index contributed by atoms with van der Waals surface area (Å²) in [6, 6.07) is 5.11. The van der Waals surface area contributed by atoms with E-state index in [0.717, 1.165) is 35.1 Å². The largest absolute Gasteiger partial charge is 0.453 e. The molecule has 28 heavy (non-hydrogen) atoms. The van der Waals surface area contributed by atoms with Gasteiger partial charge in [-0.25, -0.2) is 0 Å². The minimum atomic E-state index is -0.857. The highest BCUT2D eigenvalue weighted by Crippen LogP contribution is 2.26. The lowest BCUT2D eigenvalue weighted by Crippen LogP contribution is -2.41. The van der Waals surface area contributed by atoms with Gasteiger partial charge in [-0.15, -0.1) is 0 Å². The van der Waals surface area contributed by atoms with Crippen molar-refractivity contribution in [2.75, 3.05) is 6.54 Å². The first kappa shape index (κ1) is 20.5. The molecule has 1 aromatic carbocycles. The van der Waals surface area contributed by atoms with Crippen LogP contribution in [0.25, 0.3) is 0 Å². The lowest BCUT2D eigenvalue weighted by Gasteiger charge is -2.17. The van der Waals surface area contributed by atoms with Gasteiger partial charge in [0.25, 0.3) is 17.7 Å². The van der Waals surface area contributed by atoms with Crippen LogP contribution >= 0.6 is 15.9 Å². The van der Waals surface area contributed by atoms with Crippen LogP contribution in [-0.4, -0.2) is 47.3 Å². The summed E-state index contributed by atoms with van der Waals surface area (Å²) < 4.78 is 5.90. The number of fused-ring (bicyclic) bond motifs is 1. The fraction of sp³-hybridized carbons (Fsp3) is 0.500. The monoisotopic (exact) mass is 450 g/mol. The number of imide groups is 1. The highest BCUT2D eigenvalue weighted by atomic mass is 79.9. The third-order valence-electron chi connectivity index (χ3n) is 5.07. The Kier molecular flexibility index (Phi) is 6.49. The summed E-state index contributed by atoms with van der Waals surface area (Å²) in [4.78, 5) is 49.9.